The first-order valence-electron chi connectivity index (χ1n) is 7.92. The third-order valence-electron chi connectivity index (χ3n) is 4.88. The molecular formula is C17H19ClFNO3. The predicted octanol–water partition coefficient (Wildman–Crippen LogP) is 3.79. The van der Waals surface area contributed by atoms with Gasteiger partial charge in [-0.25, -0.2) is 4.39 Å². The number of nitrogens with one attached hydrogen (secondary N) is 1. The second-order valence-corrected chi connectivity index (χ2v) is 6.88. The lowest BCUT2D eigenvalue weighted by Gasteiger charge is -2.20. The van der Waals surface area contributed by atoms with Crippen LogP contribution in [-0.2, 0) is 14.3 Å². The maximum Gasteiger partial charge on any atom is 0.306 e. The van der Waals surface area contributed by atoms with Crippen LogP contribution in [0.2, 0.25) is 5.02 Å². The summed E-state index contributed by atoms with van der Waals surface area (Å²) in [5, 5.41) is 2.45. The summed E-state index contributed by atoms with van der Waals surface area (Å²) in [6.45, 7) is -0.339. The number of hydrogen-bond donors (Lipinski definition) is 1. The molecule has 0 saturated heterocycles. The van der Waals surface area contributed by atoms with Crippen LogP contribution >= 0.6 is 11.6 Å². The van der Waals surface area contributed by atoms with Crippen molar-refractivity contribution in [3.63, 3.8) is 0 Å². The molecule has 23 heavy (non-hydrogen) atoms. The van der Waals surface area contributed by atoms with E-state index in [2.05, 4.69) is 5.32 Å². The highest BCUT2D eigenvalue weighted by atomic mass is 35.5. The Kier molecular flexibility index (Phi) is 4.85. The zero-order chi connectivity index (χ0) is 16.4. The zero-order valence-corrected chi connectivity index (χ0v) is 13.4. The molecule has 1 amide bonds. The van der Waals surface area contributed by atoms with E-state index in [9.17, 15) is 14.0 Å². The molecule has 2 saturated carbocycles. The number of rotatable bonds is 5. The van der Waals surface area contributed by atoms with Gasteiger partial charge in [-0.05, 0) is 55.2 Å². The number of fused-ring (bicyclic) bond motifs is 2. The average molecular weight is 340 g/mol. The lowest BCUT2D eigenvalue weighted by Crippen LogP contribution is -2.23. The highest BCUT2D eigenvalue weighted by Gasteiger charge is 2.40. The van der Waals surface area contributed by atoms with Crippen molar-refractivity contribution in [3.8, 4) is 0 Å². The predicted molar refractivity (Wildman–Crippen MR) is 84.6 cm³/mol. The van der Waals surface area contributed by atoms with Gasteiger partial charge in [0.2, 0.25) is 0 Å². The average Bonchev–Trinajstić information content (AvgIpc) is 3.12. The molecule has 2 bridgehead atoms. The highest BCUT2D eigenvalue weighted by molar-refractivity contribution is 6.31. The monoisotopic (exact) mass is 339 g/mol. The van der Waals surface area contributed by atoms with Crippen molar-refractivity contribution in [1.82, 2.24) is 0 Å². The fraction of sp³-hybridized carbons (Fsp3) is 0.529. The smallest absolute Gasteiger partial charge is 0.306 e. The van der Waals surface area contributed by atoms with Crippen molar-refractivity contribution in [2.24, 2.45) is 17.8 Å². The van der Waals surface area contributed by atoms with Crippen LogP contribution in [0.4, 0.5) is 10.1 Å². The first kappa shape index (κ1) is 16.2. The lowest BCUT2D eigenvalue weighted by molar-refractivity contribution is -0.148. The minimum atomic E-state index is -0.554. The molecule has 0 aliphatic heterocycles. The molecule has 1 aromatic carbocycles. The summed E-state index contributed by atoms with van der Waals surface area (Å²) in [6.07, 6.45) is 5.26. The molecule has 3 unspecified atom stereocenters. The highest BCUT2D eigenvalue weighted by Crippen LogP contribution is 2.49. The van der Waals surface area contributed by atoms with E-state index in [1.807, 2.05) is 0 Å². The van der Waals surface area contributed by atoms with Crippen molar-refractivity contribution in [2.75, 3.05) is 11.9 Å². The molecule has 3 atom stereocenters. The first-order chi connectivity index (χ1) is 11.0. The molecule has 1 N–H and O–H groups in total. The molecule has 2 aliphatic carbocycles. The standard InChI is InChI=1S/C17H19ClFNO3/c18-14-8-13(3-4-15(14)19)20-16(21)9-23-17(22)7-12-6-10-1-2-11(12)5-10/h3-4,8,10-12H,1-2,5-7,9H2,(H,20,21). The Hall–Kier alpha value is -1.62. The quantitative estimate of drug-likeness (QED) is 0.830. The number of benzene rings is 1. The Labute approximate surface area is 139 Å². The van der Waals surface area contributed by atoms with E-state index in [-0.39, 0.29) is 17.6 Å². The van der Waals surface area contributed by atoms with Gasteiger partial charge >= 0.3 is 5.97 Å². The van der Waals surface area contributed by atoms with Gasteiger partial charge in [0.1, 0.15) is 5.82 Å². The molecule has 3 rings (SSSR count). The van der Waals surface area contributed by atoms with Gasteiger partial charge in [-0.3, -0.25) is 9.59 Å². The molecule has 124 valence electrons. The van der Waals surface area contributed by atoms with E-state index in [1.54, 1.807) is 0 Å². The van der Waals surface area contributed by atoms with Gasteiger partial charge in [-0.1, -0.05) is 18.0 Å². The number of carbonyl (C=O) groups excluding carboxylic acids is 2. The van der Waals surface area contributed by atoms with Gasteiger partial charge in [-0.2, -0.15) is 0 Å². The van der Waals surface area contributed by atoms with E-state index in [0.717, 1.165) is 12.3 Å². The summed E-state index contributed by atoms with van der Waals surface area (Å²) in [7, 11) is 0. The molecule has 6 heteroatoms. The van der Waals surface area contributed by atoms with E-state index in [4.69, 9.17) is 16.3 Å². The van der Waals surface area contributed by atoms with E-state index < -0.39 is 11.7 Å². The van der Waals surface area contributed by atoms with Crippen molar-refractivity contribution in [3.05, 3.63) is 29.0 Å². The molecule has 0 heterocycles. The SMILES string of the molecule is O=C(COC(=O)CC1CC2CCC1C2)Nc1ccc(F)c(Cl)c1. The van der Waals surface area contributed by atoms with Gasteiger partial charge in [0, 0.05) is 12.1 Å². The Morgan fingerprint density at radius 1 is 1.30 bits per heavy atom. The molecule has 0 aromatic heterocycles. The Balaban J connectivity index is 1.41. The minimum absolute atomic E-state index is 0.0731. The number of hydrogen-bond acceptors (Lipinski definition) is 3. The summed E-state index contributed by atoms with van der Waals surface area (Å²) in [5.41, 5.74) is 0.366. The summed E-state index contributed by atoms with van der Waals surface area (Å²) >= 11 is 5.64. The van der Waals surface area contributed by atoms with Crippen LogP contribution in [0, 0.1) is 23.6 Å². The Morgan fingerprint density at radius 2 is 2.13 bits per heavy atom. The number of esters is 1. The van der Waals surface area contributed by atoms with E-state index in [1.165, 1.54) is 37.5 Å². The maximum absolute atomic E-state index is 13.0. The van der Waals surface area contributed by atoms with E-state index >= 15 is 0 Å². The number of halogens is 2. The van der Waals surface area contributed by atoms with Crippen LogP contribution in [0.1, 0.15) is 32.1 Å². The number of amides is 1. The van der Waals surface area contributed by atoms with E-state index in [0.29, 0.717) is 23.9 Å². The molecule has 1 aromatic rings. The van der Waals surface area contributed by atoms with Crippen molar-refractivity contribution >= 4 is 29.2 Å². The van der Waals surface area contributed by atoms with Crippen LogP contribution in [0.5, 0.6) is 0 Å². The molecule has 2 aliphatic rings. The van der Waals surface area contributed by atoms with Crippen LogP contribution in [0.15, 0.2) is 18.2 Å². The maximum atomic E-state index is 13.0. The van der Waals surface area contributed by atoms with Crippen LogP contribution in [-0.4, -0.2) is 18.5 Å². The fourth-order valence-electron chi connectivity index (χ4n) is 3.82. The molecule has 4 nitrogen and oxygen atoms in total. The summed E-state index contributed by atoms with van der Waals surface area (Å²) in [5.74, 6) is 0.512. The minimum Gasteiger partial charge on any atom is -0.456 e. The number of anilines is 1. The lowest BCUT2D eigenvalue weighted by atomic mass is 9.86. The topological polar surface area (TPSA) is 55.4 Å². The van der Waals surface area contributed by atoms with Crippen LogP contribution in [0.25, 0.3) is 0 Å². The van der Waals surface area contributed by atoms with Crippen LogP contribution < -0.4 is 5.32 Å². The van der Waals surface area contributed by atoms with Crippen LogP contribution in [0.3, 0.4) is 0 Å². The zero-order valence-electron chi connectivity index (χ0n) is 12.7. The van der Waals surface area contributed by atoms with Gasteiger partial charge in [0.15, 0.2) is 6.61 Å². The van der Waals surface area contributed by atoms with Crippen molar-refractivity contribution in [1.29, 1.82) is 0 Å². The normalized spacial score (nSPS) is 25.4. The van der Waals surface area contributed by atoms with Crippen molar-refractivity contribution < 1.29 is 18.7 Å². The summed E-state index contributed by atoms with van der Waals surface area (Å²) in [4.78, 5) is 23.6. The second-order valence-electron chi connectivity index (χ2n) is 6.48. The molecule has 2 fully saturated rings. The van der Waals surface area contributed by atoms with Gasteiger partial charge in [0.25, 0.3) is 5.91 Å². The van der Waals surface area contributed by atoms with Gasteiger partial charge < -0.3 is 10.1 Å². The third-order valence-corrected chi connectivity index (χ3v) is 5.17. The van der Waals surface area contributed by atoms with Crippen molar-refractivity contribution in [2.45, 2.75) is 32.1 Å². The summed E-state index contributed by atoms with van der Waals surface area (Å²) in [6, 6.07) is 3.88. The number of ether oxygens (including phenoxy) is 1. The number of carbonyl (C=O) groups is 2. The molecule has 0 radical (unpaired) electrons. The Bertz CT molecular complexity index is 622. The summed E-state index contributed by atoms with van der Waals surface area (Å²) < 4.78 is 18.1. The van der Waals surface area contributed by atoms with Gasteiger partial charge in [0.05, 0.1) is 5.02 Å². The third kappa shape index (κ3) is 4.02. The first-order valence-corrected chi connectivity index (χ1v) is 8.29. The molecule has 0 spiro atoms. The second kappa shape index (κ2) is 6.87. The molecular weight excluding hydrogens is 321 g/mol. The largest absolute Gasteiger partial charge is 0.456 e. The Morgan fingerprint density at radius 3 is 2.78 bits per heavy atom. The van der Waals surface area contributed by atoms with Gasteiger partial charge in [-0.15, -0.1) is 0 Å². The fourth-order valence-corrected chi connectivity index (χ4v) is 4.00.